The average molecular weight is 216 g/mol. The Hall–Kier alpha value is -1.33. The zero-order chi connectivity index (χ0) is 12.0. The van der Waals surface area contributed by atoms with Crippen LogP contribution in [0.2, 0.25) is 0 Å². The van der Waals surface area contributed by atoms with Gasteiger partial charge >= 0.3 is 0 Å². The second-order valence-electron chi connectivity index (χ2n) is 4.13. The molecule has 0 bridgehead atoms. The van der Waals surface area contributed by atoms with Gasteiger partial charge in [0.2, 0.25) is 0 Å². The van der Waals surface area contributed by atoms with Crippen molar-refractivity contribution >= 4 is 0 Å². The number of hydrogen-bond acceptors (Lipinski definition) is 2. The summed E-state index contributed by atoms with van der Waals surface area (Å²) in [4.78, 5) is 2.43. The largest absolute Gasteiger partial charge is 0.297 e. The van der Waals surface area contributed by atoms with E-state index in [-0.39, 0.29) is 0 Å². The Morgan fingerprint density at radius 3 is 2.69 bits per heavy atom. The van der Waals surface area contributed by atoms with E-state index in [1.165, 1.54) is 5.56 Å². The summed E-state index contributed by atoms with van der Waals surface area (Å²) in [5.41, 5.74) is 1.97. The van der Waals surface area contributed by atoms with Crippen LogP contribution < -0.4 is 0 Å². The molecule has 2 nitrogen and oxygen atoms in total. The first-order chi connectivity index (χ1) is 7.71. The van der Waals surface area contributed by atoms with E-state index in [4.69, 9.17) is 5.26 Å². The average Bonchev–Trinajstić information content (AvgIpc) is 2.35. The molecule has 0 saturated heterocycles. The number of benzene rings is 1. The molecule has 16 heavy (non-hydrogen) atoms. The van der Waals surface area contributed by atoms with Crippen LogP contribution in [0.5, 0.6) is 0 Å². The van der Waals surface area contributed by atoms with Crippen molar-refractivity contribution < 1.29 is 0 Å². The topological polar surface area (TPSA) is 27.0 Å². The van der Waals surface area contributed by atoms with Crippen LogP contribution in [0.15, 0.2) is 24.3 Å². The molecule has 1 rings (SSSR count). The minimum atomic E-state index is 0.593. The third-order valence-corrected chi connectivity index (χ3v) is 3.06. The van der Waals surface area contributed by atoms with Gasteiger partial charge in [-0.3, -0.25) is 4.90 Å². The molecule has 0 aliphatic rings. The molecule has 0 N–H and O–H groups in total. The molecule has 0 amide bonds. The maximum atomic E-state index is 8.85. The number of nitriles is 1. The van der Waals surface area contributed by atoms with Crippen molar-refractivity contribution in [1.29, 1.82) is 5.26 Å². The molecule has 1 aromatic rings. The van der Waals surface area contributed by atoms with Crippen molar-refractivity contribution in [2.45, 2.75) is 39.8 Å². The maximum Gasteiger partial charge on any atom is 0.0991 e. The minimum Gasteiger partial charge on any atom is -0.297 e. The first-order valence-corrected chi connectivity index (χ1v) is 5.94. The summed E-state index contributed by atoms with van der Waals surface area (Å²) in [5.74, 6) is 0. The Labute approximate surface area is 98.5 Å². The Balaban J connectivity index is 2.74. The van der Waals surface area contributed by atoms with Gasteiger partial charge < -0.3 is 0 Å². The quantitative estimate of drug-likeness (QED) is 0.756. The third-order valence-electron chi connectivity index (χ3n) is 3.06. The molecule has 2 heteroatoms. The first kappa shape index (κ1) is 12.7. The Kier molecular flexibility index (Phi) is 5.01. The monoisotopic (exact) mass is 216 g/mol. The normalized spacial score (nSPS) is 12.4. The van der Waals surface area contributed by atoms with E-state index in [1.54, 1.807) is 0 Å². The molecule has 0 aromatic heterocycles. The lowest BCUT2D eigenvalue weighted by Gasteiger charge is -2.26. The van der Waals surface area contributed by atoms with Crippen LogP contribution in [0.3, 0.4) is 0 Å². The van der Waals surface area contributed by atoms with Gasteiger partial charge in [0.25, 0.3) is 0 Å². The molecular formula is C14H20N2. The summed E-state index contributed by atoms with van der Waals surface area (Å²) in [5, 5.41) is 8.85. The second-order valence-corrected chi connectivity index (χ2v) is 4.13. The van der Waals surface area contributed by atoms with Crippen LogP contribution in [0.4, 0.5) is 0 Å². The molecule has 0 heterocycles. The van der Waals surface area contributed by atoms with Gasteiger partial charge in [0, 0.05) is 12.6 Å². The molecule has 0 fully saturated rings. The van der Waals surface area contributed by atoms with E-state index in [0.29, 0.717) is 6.04 Å². The lowest BCUT2D eigenvalue weighted by Crippen LogP contribution is -2.31. The summed E-state index contributed by atoms with van der Waals surface area (Å²) in [6.45, 7) is 8.61. The van der Waals surface area contributed by atoms with Gasteiger partial charge in [0.1, 0.15) is 0 Å². The highest BCUT2D eigenvalue weighted by Crippen LogP contribution is 2.11. The molecule has 0 spiro atoms. The fourth-order valence-electron chi connectivity index (χ4n) is 1.81. The van der Waals surface area contributed by atoms with Crippen LogP contribution in [0.25, 0.3) is 0 Å². The van der Waals surface area contributed by atoms with E-state index in [0.717, 1.165) is 25.1 Å². The van der Waals surface area contributed by atoms with E-state index < -0.39 is 0 Å². The molecule has 0 radical (unpaired) electrons. The molecule has 1 atom stereocenters. The van der Waals surface area contributed by atoms with Crippen molar-refractivity contribution in [3.63, 3.8) is 0 Å². The highest BCUT2D eigenvalue weighted by Gasteiger charge is 2.10. The number of hydrogen-bond donors (Lipinski definition) is 0. The Morgan fingerprint density at radius 2 is 2.12 bits per heavy atom. The van der Waals surface area contributed by atoms with E-state index in [2.05, 4.69) is 37.8 Å². The molecule has 0 aliphatic heterocycles. The second kappa shape index (κ2) is 6.30. The van der Waals surface area contributed by atoms with Crippen molar-refractivity contribution in [2.24, 2.45) is 0 Å². The summed E-state index contributed by atoms with van der Waals surface area (Å²) in [6.07, 6.45) is 1.16. The summed E-state index contributed by atoms with van der Waals surface area (Å²) in [7, 11) is 0. The first-order valence-electron chi connectivity index (χ1n) is 5.94. The molecular weight excluding hydrogens is 196 g/mol. The zero-order valence-corrected chi connectivity index (χ0v) is 10.4. The van der Waals surface area contributed by atoms with Crippen molar-refractivity contribution in [3.05, 3.63) is 35.4 Å². The van der Waals surface area contributed by atoms with Gasteiger partial charge in [0.05, 0.1) is 11.6 Å². The van der Waals surface area contributed by atoms with Crippen LogP contribution in [0.1, 0.15) is 38.3 Å². The van der Waals surface area contributed by atoms with Gasteiger partial charge in [-0.05, 0) is 37.6 Å². The predicted molar refractivity (Wildman–Crippen MR) is 67.0 cm³/mol. The fraction of sp³-hybridized carbons (Fsp3) is 0.500. The van der Waals surface area contributed by atoms with Gasteiger partial charge in [-0.25, -0.2) is 0 Å². The van der Waals surface area contributed by atoms with Crippen molar-refractivity contribution in [3.8, 4) is 6.07 Å². The molecule has 0 saturated carbocycles. The van der Waals surface area contributed by atoms with Gasteiger partial charge in [-0.1, -0.05) is 26.0 Å². The number of nitrogens with zero attached hydrogens (tertiary/aromatic N) is 2. The molecule has 0 aliphatic carbocycles. The van der Waals surface area contributed by atoms with Crippen LogP contribution in [-0.2, 0) is 6.54 Å². The lowest BCUT2D eigenvalue weighted by atomic mass is 10.1. The van der Waals surface area contributed by atoms with Crippen LogP contribution >= 0.6 is 0 Å². The maximum absolute atomic E-state index is 8.85. The summed E-state index contributed by atoms with van der Waals surface area (Å²) >= 11 is 0. The number of rotatable bonds is 5. The van der Waals surface area contributed by atoms with E-state index >= 15 is 0 Å². The fourth-order valence-corrected chi connectivity index (χ4v) is 1.81. The van der Waals surface area contributed by atoms with E-state index in [9.17, 15) is 0 Å². The highest BCUT2D eigenvalue weighted by molar-refractivity contribution is 5.32. The zero-order valence-electron chi connectivity index (χ0n) is 10.4. The van der Waals surface area contributed by atoms with Gasteiger partial charge in [-0.2, -0.15) is 5.26 Å². The standard InChI is InChI=1S/C14H20N2/c1-4-12(3)16(5-2)11-14-8-6-7-13(9-14)10-15/h6-9,12H,4-5,11H2,1-3H3. The SMILES string of the molecule is CCC(C)N(CC)Cc1cccc(C#N)c1. The highest BCUT2D eigenvalue weighted by atomic mass is 15.1. The summed E-state index contributed by atoms with van der Waals surface area (Å²) in [6, 6.07) is 10.6. The molecule has 1 unspecified atom stereocenters. The minimum absolute atomic E-state index is 0.593. The van der Waals surface area contributed by atoms with Crippen molar-refractivity contribution in [2.75, 3.05) is 6.54 Å². The molecule has 86 valence electrons. The molecule has 1 aromatic carbocycles. The van der Waals surface area contributed by atoms with Gasteiger partial charge in [-0.15, -0.1) is 0 Å². The van der Waals surface area contributed by atoms with Crippen LogP contribution in [-0.4, -0.2) is 17.5 Å². The third kappa shape index (κ3) is 3.36. The lowest BCUT2D eigenvalue weighted by molar-refractivity contribution is 0.206. The van der Waals surface area contributed by atoms with Gasteiger partial charge in [0.15, 0.2) is 0 Å². The smallest absolute Gasteiger partial charge is 0.0991 e. The Morgan fingerprint density at radius 1 is 1.38 bits per heavy atom. The van der Waals surface area contributed by atoms with Crippen LogP contribution in [0, 0.1) is 11.3 Å². The summed E-state index contributed by atoms with van der Waals surface area (Å²) < 4.78 is 0. The van der Waals surface area contributed by atoms with Crippen molar-refractivity contribution in [1.82, 2.24) is 4.90 Å². The predicted octanol–water partition coefficient (Wildman–Crippen LogP) is 3.18. The van der Waals surface area contributed by atoms with E-state index in [1.807, 2.05) is 18.2 Å². The Bertz CT molecular complexity index is 365.